The van der Waals surface area contributed by atoms with Crippen molar-refractivity contribution in [2.75, 3.05) is 12.4 Å². The van der Waals surface area contributed by atoms with Gasteiger partial charge in [-0.05, 0) is 55.2 Å². The fourth-order valence-corrected chi connectivity index (χ4v) is 4.00. The van der Waals surface area contributed by atoms with E-state index in [-0.39, 0.29) is 11.2 Å². The third-order valence-corrected chi connectivity index (χ3v) is 6.14. The molecule has 1 N–H and O–H groups in total. The molecule has 1 amide bonds. The van der Waals surface area contributed by atoms with Crippen molar-refractivity contribution in [1.29, 1.82) is 0 Å². The second kappa shape index (κ2) is 9.34. The molecule has 1 heterocycles. The highest BCUT2D eigenvalue weighted by Gasteiger charge is 2.21. The fourth-order valence-electron chi connectivity index (χ4n) is 3.19. The number of para-hydroxylation sites is 1. The molecule has 0 fully saturated rings. The second-order valence-corrected chi connectivity index (χ2v) is 8.84. The Morgan fingerprint density at radius 2 is 1.80 bits per heavy atom. The van der Waals surface area contributed by atoms with Crippen molar-refractivity contribution in [2.45, 2.75) is 44.0 Å². The average molecular weight is 425 g/mol. The largest absolute Gasteiger partial charge is 0.497 e. The maximum absolute atomic E-state index is 12.9. The van der Waals surface area contributed by atoms with E-state index in [2.05, 4.69) is 35.4 Å². The number of nitrogens with zero attached hydrogens (tertiary/aromatic N) is 3. The van der Waals surface area contributed by atoms with Crippen molar-refractivity contribution in [3.63, 3.8) is 0 Å². The molecule has 7 heteroatoms. The molecule has 1 atom stereocenters. The van der Waals surface area contributed by atoms with Gasteiger partial charge in [0.25, 0.3) is 0 Å². The normalized spacial score (nSPS) is 12.1. The van der Waals surface area contributed by atoms with E-state index in [9.17, 15) is 4.79 Å². The summed E-state index contributed by atoms with van der Waals surface area (Å²) in [6.45, 7) is 8.16. The van der Waals surface area contributed by atoms with Gasteiger partial charge in [0, 0.05) is 18.3 Å². The summed E-state index contributed by atoms with van der Waals surface area (Å²) < 4.78 is 7.11. The maximum atomic E-state index is 12.9. The van der Waals surface area contributed by atoms with Crippen LogP contribution in [0.2, 0.25) is 0 Å². The molecule has 0 unspecified atom stereocenters. The first-order valence-corrected chi connectivity index (χ1v) is 10.8. The number of anilines is 1. The summed E-state index contributed by atoms with van der Waals surface area (Å²) >= 11 is 1.39. The summed E-state index contributed by atoms with van der Waals surface area (Å²) in [5.41, 5.74) is 4.05. The Hall–Kier alpha value is -2.80. The van der Waals surface area contributed by atoms with Crippen LogP contribution in [0.15, 0.2) is 47.6 Å². The fraction of sp³-hybridized carbons (Fsp3) is 0.348. The van der Waals surface area contributed by atoms with E-state index in [1.165, 1.54) is 11.8 Å². The van der Waals surface area contributed by atoms with E-state index in [1.807, 2.05) is 61.9 Å². The maximum Gasteiger partial charge on any atom is 0.237 e. The van der Waals surface area contributed by atoms with Crippen LogP contribution in [0.25, 0.3) is 11.4 Å². The number of amides is 1. The van der Waals surface area contributed by atoms with Crippen molar-refractivity contribution >= 4 is 23.4 Å². The van der Waals surface area contributed by atoms with Gasteiger partial charge < -0.3 is 14.6 Å². The summed E-state index contributed by atoms with van der Waals surface area (Å²) in [4.78, 5) is 12.9. The van der Waals surface area contributed by atoms with Crippen LogP contribution >= 0.6 is 11.8 Å². The van der Waals surface area contributed by atoms with E-state index in [1.54, 1.807) is 7.11 Å². The first-order chi connectivity index (χ1) is 14.3. The molecule has 158 valence electrons. The van der Waals surface area contributed by atoms with E-state index in [0.29, 0.717) is 11.1 Å². The predicted octanol–water partition coefficient (Wildman–Crippen LogP) is 5.04. The predicted molar refractivity (Wildman–Crippen MR) is 122 cm³/mol. The number of nitrogens with one attached hydrogen (secondary N) is 1. The molecule has 0 aliphatic carbocycles. The van der Waals surface area contributed by atoms with Crippen molar-refractivity contribution in [1.82, 2.24) is 14.8 Å². The minimum atomic E-state index is -0.323. The number of benzene rings is 2. The zero-order chi connectivity index (χ0) is 21.8. The molecule has 0 aliphatic heterocycles. The number of carbonyl (C=O) groups excluding carboxylic acids is 1. The molecule has 0 spiro atoms. The third-order valence-electron chi connectivity index (χ3n) is 5.01. The van der Waals surface area contributed by atoms with Crippen LogP contribution < -0.4 is 10.1 Å². The van der Waals surface area contributed by atoms with Gasteiger partial charge in [-0.15, -0.1) is 10.2 Å². The number of aromatic nitrogens is 3. The van der Waals surface area contributed by atoms with Gasteiger partial charge in [-0.2, -0.15) is 0 Å². The first kappa shape index (κ1) is 21.9. The lowest BCUT2D eigenvalue weighted by Gasteiger charge is -2.18. The van der Waals surface area contributed by atoms with Gasteiger partial charge in [-0.25, -0.2) is 0 Å². The number of rotatable bonds is 7. The van der Waals surface area contributed by atoms with Gasteiger partial charge in [-0.1, -0.05) is 43.8 Å². The quantitative estimate of drug-likeness (QED) is 0.538. The van der Waals surface area contributed by atoms with E-state index < -0.39 is 0 Å². The number of hydrogen-bond acceptors (Lipinski definition) is 5. The highest BCUT2D eigenvalue weighted by atomic mass is 32.2. The van der Waals surface area contributed by atoms with Gasteiger partial charge in [0.2, 0.25) is 5.91 Å². The minimum absolute atomic E-state index is 0.0507. The summed E-state index contributed by atoms with van der Waals surface area (Å²) in [5.74, 6) is 1.81. The van der Waals surface area contributed by atoms with Crippen LogP contribution in [0.1, 0.15) is 37.8 Å². The third kappa shape index (κ3) is 4.67. The first-order valence-electron chi connectivity index (χ1n) is 9.92. The van der Waals surface area contributed by atoms with E-state index in [0.717, 1.165) is 34.0 Å². The van der Waals surface area contributed by atoms with E-state index in [4.69, 9.17) is 4.74 Å². The van der Waals surface area contributed by atoms with Gasteiger partial charge >= 0.3 is 0 Å². The Bertz CT molecular complexity index is 1030. The Kier molecular flexibility index (Phi) is 6.82. The molecule has 0 bridgehead atoms. The monoisotopic (exact) mass is 424 g/mol. The van der Waals surface area contributed by atoms with Gasteiger partial charge in [-0.3, -0.25) is 4.79 Å². The van der Waals surface area contributed by atoms with Crippen LogP contribution in [0.3, 0.4) is 0 Å². The molecule has 6 nitrogen and oxygen atoms in total. The van der Waals surface area contributed by atoms with Crippen LogP contribution in [0.5, 0.6) is 5.75 Å². The summed E-state index contributed by atoms with van der Waals surface area (Å²) in [5, 5.41) is 12.1. The highest BCUT2D eigenvalue weighted by molar-refractivity contribution is 8.00. The lowest BCUT2D eigenvalue weighted by molar-refractivity contribution is -0.115. The zero-order valence-electron chi connectivity index (χ0n) is 18.3. The molecule has 1 aromatic heterocycles. The molecule has 3 rings (SSSR count). The van der Waals surface area contributed by atoms with Crippen LogP contribution in [-0.2, 0) is 11.8 Å². The number of carbonyl (C=O) groups is 1. The lowest BCUT2D eigenvalue weighted by Crippen LogP contribution is -2.24. The molecule has 0 saturated heterocycles. The Morgan fingerprint density at radius 1 is 1.10 bits per heavy atom. The van der Waals surface area contributed by atoms with E-state index >= 15 is 0 Å². The second-order valence-electron chi connectivity index (χ2n) is 7.54. The molecule has 3 aromatic rings. The van der Waals surface area contributed by atoms with Gasteiger partial charge in [0.1, 0.15) is 5.75 Å². The van der Waals surface area contributed by atoms with Crippen LogP contribution in [0, 0.1) is 6.92 Å². The van der Waals surface area contributed by atoms with Gasteiger partial charge in [0.05, 0.1) is 12.4 Å². The number of methoxy groups -OCH3 is 1. The number of aryl methyl sites for hydroxylation is 1. The topological polar surface area (TPSA) is 69.0 Å². The average Bonchev–Trinajstić information content (AvgIpc) is 3.09. The Balaban J connectivity index is 1.74. The molecule has 0 saturated carbocycles. The van der Waals surface area contributed by atoms with Crippen LogP contribution in [0.4, 0.5) is 5.69 Å². The van der Waals surface area contributed by atoms with Crippen molar-refractivity contribution in [2.24, 2.45) is 7.05 Å². The van der Waals surface area contributed by atoms with Crippen molar-refractivity contribution in [3.05, 3.63) is 53.6 Å². The smallest absolute Gasteiger partial charge is 0.237 e. The Labute approximate surface area is 182 Å². The lowest BCUT2D eigenvalue weighted by atomic mass is 9.98. The molecule has 0 aliphatic rings. The zero-order valence-corrected chi connectivity index (χ0v) is 19.1. The summed E-state index contributed by atoms with van der Waals surface area (Å²) in [6.07, 6.45) is 0. The highest BCUT2D eigenvalue weighted by Crippen LogP contribution is 2.30. The molecule has 30 heavy (non-hydrogen) atoms. The number of hydrogen-bond donors (Lipinski definition) is 1. The standard InChI is InChI=1S/C23H28N4O2S/c1-14(2)19-9-7-8-15(3)20(19)24-22(28)16(4)30-23-26-25-21(27(23)5)17-10-12-18(29-6)13-11-17/h7-14,16H,1-6H3,(H,24,28)/t16-/m1/s1. The van der Waals surface area contributed by atoms with Crippen LogP contribution in [-0.4, -0.2) is 33.0 Å². The van der Waals surface area contributed by atoms with Crippen molar-refractivity contribution < 1.29 is 9.53 Å². The van der Waals surface area contributed by atoms with Crippen molar-refractivity contribution in [3.8, 4) is 17.1 Å². The van der Waals surface area contributed by atoms with Gasteiger partial charge in [0.15, 0.2) is 11.0 Å². The molecular formula is C23H28N4O2S. The number of thioether (sulfide) groups is 1. The Morgan fingerprint density at radius 3 is 2.43 bits per heavy atom. The molecule has 0 radical (unpaired) electrons. The molecule has 2 aromatic carbocycles. The summed E-state index contributed by atoms with van der Waals surface area (Å²) in [7, 11) is 3.55. The summed E-state index contributed by atoms with van der Waals surface area (Å²) in [6, 6.07) is 13.8. The SMILES string of the molecule is COc1ccc(-c2nnc(S[C@H](C)C(=O)Nc3c(C)cccc3C(C)C)n2C)cc1. The minimum Gasteiger partial charge on any atom is -0.497 e. The molecular weight excluding hydrogens is 396 g/mol. The number of ether oxygens (including phenoxy) is 1.